The molecule has 0 bridgehead atoms. The zero-order valence-electron chi connectivity index (χ0n) is 15.2. The van der Waals surface area contributed by atoms with Crippen LogP contribution in [0.15, 0.2) is 23.8 Å². The number of hydrogen-bond acceptors (Lipinski definition) is 5. The molecule has 6 heteroatoms. The number of nitrogens with one attached hydrogen (secondary N) is 1. The van der Waals surface area contributed by atoms with Crippen LogP contribution >= 0.6 is 0 Å². The average molecular weight is 358 g/mol. The molecule has 0 spiro atoms. The predicted octanol–water partition coefficient (Wildman–Crippen LogP) is 2.00. The highest BCUT2D eigenvalue weighted by molar-refractivity contribution is 5.76. The van der Waals surface area contributed by atoms with Crippen LogP contribution in [0.4, 0.5) is 0 Å². The van der Waals surface area contributed by atoms with E-state index in [2.05, 4.69) is 16.3 Å². The van der Waals surface area contributed by atoms with Crippen LogP contribution in [0, 0.1) is 5.41 Å². The second kappa shape index (κ2) is 6.93. The lowest BCUT2D eigenvalue weighted by atomic mass is 9.69. The molecule has 0 amide bonds. The van der Waals surface area contributed by atoms with Gasteiger partial charge in [-0.15, -0.1) is 0 Å². The number of methoxy groups -OCH3 is 1. The largest absolute Gasteiger partial charge is 0.497 e. The molecule has 2 saturated heterocycles. The van der Waals surface area contributed by atoms with Gasteiger partial charge in [-0.05, 0) is 62.2 Å². The Morgan fingerprint density at radius 3 is 3.15 bits per heavy atom. The second-order valence-corrected chi connectivity index (χ2v) is 7.55. The molecule has 0 radical (unpaired) electrons. The molecule has 6 nitrogen and oxygen atoms in total. The number of piperidine rings is 2. The molecule has 4 rings (SSSR count). The van der Waals surface area contributed by atoms with Crippen LogP contribution in [0.2, 0.25) is 0 Å². The topological polar surface area (TPSA) is 71.0 Å². The van der Waals surface area contributed by atoms with Gasteiger partial charge in [0.2, 0.25) is 0 Å². The van der Waals surface area contributed by atoms with Gasteiger partial charge >= 0.3 is 5.97 Å². The number of carboxylic acid groups (broad SMARTS) is 1. The van der Waals surface area contributed by atoms with Crippen LogP contribution in [0.5, 0.6) is 11.5 Å². The minimum Gasteiger partial charge on any atom is -0.497 e. The summed E-state index contributed by atoms with van der Waals surface area (Å²) in [7, 11) is 1.66. The first-order valence-corrected chi connectivity index (χ1v) is 9.30. The molecule has 0 aromatic heterocycles. The molecule has 2 atom stereocenters. The molecule has 0 saturated carbocycles. The lowest BCUT2D eigenvalue weighted by Gasteiger charge is -2.48. The molecule has 2 fully saturated rings. The van der Waals surface area contributed by atoms with E-state index in [9.17, 15) is 9.90 Å². The van der Waals surface area contributed by atoms with Gasteiger partial charge in [0.25, 0.3) is 0 Å². The van der Waals surface area contributed by atoms with Gasteiger partial charge in [0, 0.05) is 24.7 Å². The van der Waals surface area contributed by atoms with Crippen LogP contribution in [0.3, 0.4) is 0 Å². The van der Waals surface area contributed by atoms with Crippen molar-refractivity contribution in [3.05, 3.63) is 29.3 Å². The molecular weight excluding hydrogens is 332 g/mol. The molecule has 140 valence electrons. The van der Waals surface area contributed by atoms with Gasteiger partial charge in [0.05, 0.1) is 12.5 Å². The molecule has 1 aromatic rings. The fourth-order valence-corrected chi connectivity index (χ4v) is 4.51. The highest BCUT2D eigenvalue weighted by Gasteiger charge is 2.50. The number of benzene rings is 1. The van der Waals surface area contributed by atoms with Gasteiger partial charge in [-0.1, -0.05) is 0 Å². The fourth-order valence-electron chi connectivity index (χ4n) is 4.51. The van der Waals surface area contributed by atoms with E-state index < -0.39 is 11.4 Å². The van der Waals surface area contributed by atoms with Gasteiger partial charge in [-0.2, -0.15) is 0 Å². The summed E-state index contributed by atoms with van der Waals surface area (Å²) in [5.74, 6) is 1.06. The standard InChI is InChI=1S/C20H26N2O4/c1-25-16-3-4-17-15(10-16)9-14(13-26-17)11-22-8-6-20(19(23)24)5-2-7-21-18(20)12-22/h3-4,9-10,18,21H,2,5-8,11-13H2,1H3,(H,23,24)/t18-,20+/m1/s1. The number of hydrogen-bond donors (Lipinski definition) is 2. The van der Waals surface area contributed by atoms with Gasteiger partial charge in [0.1, 0.15) is 18.1 Å². The van der Waals surface area contributed by atoms with Gasteiger partial charge < -0.3 is 19.9 Å². The van der Waals surface area contributed by atoms with Crippen molar-refractivity contribution < 1.29 is 19.4 Å². The molecule has 0 unspecified atom stereocenters. The highest BCUT2D eigenvalue weighted by Crippen LogP contribution is 2.39. The number of likely N-dealkylation sites (tertiary alicyclic amines) is 1. The third-order valence-electron chi connectivity index (χ3n) is 6.01. The summed E-state index contributed by atoms with van der Waals surface area (Å²) in [6.07, 6.45) is 4.61. The van der Waals surface area contributed by atoms with Crippen molar-refractivity contribution in [1.29, 1.82) is 0 Å². The number of rotatable bonds is 4. The van der Waals surface area contributed by atoms with Crippen molar-refractivity contribution in [3.63, 3.8) is 0 Å². The molecule has 1 aromatic carbocycles. The SMILES string of the molecule is COc1ccc2c(c1)C=C(CN1CC[C@@]3(C(=O)O)CCCN[C@@H]3C1)CO2. The maximum Gasteiger partial charge on any atom is 0.311 e. The quantitative estimate of drug-likeness (QED) is 0.858. The first-order chi connectivity index (χ1) is 12.6. The minimum absolute atomic E-state index is 0.0278. The van der Waals surface area contributed by atoms with Crippen LogP contribution in [-0.2, 0) is 4.79 Å². The summed E-state index contributed by atoms with van der Waals surface area (Å²) in [5.41, 5.74) is 1.66. The van der Waals surface area contributed by atoms with Gasteiger partial charge in [-0.25, -0.2) is 0 Å². The summed E-state index contributed by atoms with van der Waals surface area (Å²) in [5, 5.41) is 13.2. The maximum absolute atomic E-state index is 11.9. The Hall–Kier alpha value is -2.05. The van der Waals surface area contributed by atoms with Crippen molar-refractivity contribution in [2.24, 2.45) is 5.41 Å². The van der Waals surface area contributed by atoms with E-state index in [1.807, 2.05) is 18.2 Å². The van der Waals surface area contributed by atoms with E-state index in [4.69, 9.17) is 9.47 Å². The van der Waals surface area contributed by atoms with E-state index in [1.54, 1.807) is 7.11 Å². The van der Waals surface area contributed by atoms with Gasteiger partial charge in [0.15, 0.2) is 0 Å². The number of carboxylic acids is 1. The fraction of sp³-hybridized carbons (Fsp3) is 0.550. The lowest BCUT2D eigenvalue weighted by Crippen LogP contribution is -2.62. The summed E-state index contributed by atoms with van der Waals surface area (Å²) >= 11 is 0. The molecular formula is C20H26N2O4. The maximum atomic E-state index is 11.9. The second-order valence-electron chi connectivity index (χ2n) is 7.55. The molecule has 3 aliphatic rings. The summed E-state index contributed by atoms with van der Waals surface area (Å²) in [4.78, 5) is 14.3. The third kappa shape index (κ3) is 3.08. The van der Waals surface area contributed by atoms with E-state index in [1.165, 1.54) is 5.57 Å². The van der Waals surface area contributed by atoms with Crippen molar-refractivity contribution in [1.82, 2.24) is 10.2 Å². The van der Waals surface area contributed by atoms with E-state index in [0.29, 0.717) is 13.0 Å². The number of ether oxygens (including phenoxy) is 2. The zero-order chi connectivity index (χ0) is 18.1. The summed E-state index contributed by atoms with van der Waals surface area (Å²) in [6, 6.07) is 5.86. The van der Waals surface area contributed by atoms with Crippen LogP contribution in [0.1, 0.15) is 24.8 Å². The monoisotopic (exact) mass is 358 g/mol. The van der Waals surface area contributed by atoms with Crippen LogP contribution in [0.25, 0.3) is 6.08 Å². The van der Waals surface area contributed by atoms with Crippen molar-refractivity contribution in [2.75, 3.05) is 39.9 Å². The van der Waals surface area contributed by atoms with Crippen LogP contribution < -0.4 is 14.8 Å². The Morgan fingerprint density at radius 2 is 2.35 bits per heavy atom. The molecule has 26 heavy (non-hydrogen) atoms. The van der Waals surface area contributed by atoms with E-state index in [-0.39, 0.29) is 6.04 Å². The van der Waals surface area contributed by atoms with Crippen molar-refractivity contribution in [3.8, 4) is 11.5 Å². The molecule has 3 heterocycles. The van der Waals surface area contributed by atoms with Crippen molar-refractivity contribution in [2.45, 2.75) is 25.3 Å². The number of aliphatic carboxylic acids is 1. The first-order valence-electron chi connectivity index (χ1n) is 9.30. The number of fused-ring (bicyclic) bond motifs is 2. The zero-order valence-corrected chi connectivity index (χ0v) is 15.2. The molecule has 0 aliphatic carbocycles. The van der Waals surface area contributed by atoms with E-state index in [0.717, 1.165) is 56.1 Å². The predicted molar refractivity (Wildman–Crippen MR) is 98.6 cm³/mol. The average Bonchev–Trinajstić information content (AvgIpc) is 2.67. The smallest absolute Gasteiger partial charge is 0.311 e. The lowest BCUT2D eigenvalue weighted by molar-refractivity contribution is -0.156. The number of carbonyl (C=O) groups is 1. The Labute approximate surface area is 153 Å². The summed E-state index contributed by atoms with van der Waals surface area (Å²) in [6.45, 7) is 3.89. The highest BCUT2D eigenvalue weighted by atomic mass is 16.5. The third-order valence-corrected chi connectivity index (χ3v) is 6.01. The normalized spacial score (nSPS) is 28.3. The minimum atomic E-state index is -0.643. The Morgan fingerprint density at radius 1 is 1.46 bits per heavy atom. The number of nitrogens with zero attached hydrogens (tertiary/aromatic N) is 1. The van der Waals surface area contributed by atoms with E-state index >= 15 is 0 Å². The first kappa shape index (κ1) is 17.4. The Kier molecular flexibility index (Phi) is 4.63. The Balaban J connectivity index is 1.47. The van der Waals surface area contributed by atoms with Gasteiger partial charge in [-0.3, -0.25) is 9.69 Å². The Bertz CT molecular complexity index is 733. The van der Waals surface area contributed by atoms with Crippen molar-refractivity contribution >= 4 is 12.0 Å². The summed E-state index contributed by atoms with van der Waals surface area (Å²) < 4.78 is 11.2. The molecule has 3 aliphatic heterocycles. The van der Waals surface area contributed by atoms with Crippen LogP contribution in [-0.4, -0.2) is 61.9 Å². The molecule has 2 N–H and O–H groups in total.